The van der Waals surface area contributed by atoms with Gasteiger partial charge in [0.2, 0.25) is 12.0 Å². The average molecular weight is 445 g/mol. The highest BCUT2D eigenvalue weighted by atomic mass is 32.1. The molecule has 4 rings (SSSR count). The van der Waals surface area contributed by atoms with Gasteiger partial charge in [-0.2, -0.15) is 0 Å². The summed E-state index contributed by atoms with van der Waals surface area (Å²) in [4.78, 5) is 35.2. The van der Waals surface area contributed by atoms with E-state index >= 15 is 0 Å². The third-order valence-electron chi connectivity index (χ3n) is 4.28. The lowest BCUT2D eigenvalue weighted by Gasteiger charge is -2.07. The molecule has 2 aromatic heterocycles. The van der Waals surface area contributed by atoms with Crippen LogP contribution in [0.25, 0.3) is 10.6 Å². The van der Waals surface area contributed by atoms with E-state index in [1.54, 1.807) is 12.1 Å². The summed E-state index contributed by atoms with van der Waals surface area (Å²) in [6, 6.07) is 9.88. The van der Waals surface area contributed by atoms with Crippen molar-refractivity contribution < 1.29 is 18.8 Å². The fourth-order valence-electron chi connectivity index (χ4n) is 2.81. The molecular formula is C20H17FN4O3S2. The quantitative estimate of drug-likeness (QED) is 0.605. The number of thiophene rings is 1. The van der Waals surface area contributed by atoms with Gasteiger partial charge in [0, 0.05) is 29.2 Å². The van der Waals surface area contributed by atoms with Gasteiger partial charge in [0.25, 0.3) is 5.91 Å². The maximum atomic E-state index is 13.4. The Morgan fingerprint density at radius 1 is 1.30 bits per heavy atom. The standard InChI is InChI=1S/C20H17FN4O3S2/c1-11(26)22-9-14-5-6-18(30-14)16-10-29-20(23-16)24-19(27)17-8-15(25-28-17)12-3-2-4-13(21)7-12/h2-7,10,17H,8-9H2,1H3,(H,22,26)(H,23,24,27). The van der Waals surface area contributed by atoms with E-state index in [0.717, 1.165) is 15.4 Å². The smallest absolute Gasteiger partial charge is 0.270 e. The van der Waals surface area contributed by atoms with E-state index in [2.05, 4.69) is 20.8 Å². The molecule has 0 saturated heterocycles. The van der Waals surface area contributed by atoms with E-state index in [1.807, 2.05) is 17.5 Å². The van der Waals surface area contributed by atoms with E-state index in [-0.39, 0.29) is 24.1 Å². The van der Waals surface area contributed by atoms with Crippen molar-refractivity contribution in [1.29, 1.82) is 0 Å². The first-order valence-corrected chi connectivity index (χ1v) is 10.8. The van der Waals surface area contributed by atoms with Crippen LogP contribution < -0.4 is 10.6 Å². The number of oxime groups is 1. The number of halogens is 1. The summed E-state index contributed by atoms with van der Waals surface area (Å²) in [6.07, 6.45) is -0.535. The molecule has 0 spiro atoms. The molecule has 2 N–H and O–H groups in total. The lowest BCUT2D eigenvalue weighted by atomic mass is 10.0. The lowest BCUT2D eigenvalue weighted by Crippen LogP contribution is -2.28. The maximum Gasteiger partial charge on any atom is 0.270 e. The highest BCUT2D eigenvalue weighted by molar-refractivity contribution is 7.17. The molecule has 0 saturated carbocycles. The number of amides is 2. The van der Waals surface area contributed by atoms with E-state index < -0.39 is 6.10 Å². The van der Waals surface area contributed by atoms with Crippen molar-refractivity contribution in [2.45, 2.75) is 26.0 Å². The van der Waals surface area contributed by atoms with E-state index in [0.29, 0.717) is 23.0 Å². The molecule has 7 nitrogen and oxygen atoms in total. The van der Waals surface area contributed by atoms with Crippen LogP contribution in [-0.2, 0) is 21.0 Å². The molecule has 2 amide bonds. The first-order valence-electron chi connectivity index (χ1n) is 9.06. The number of benzene rings is 1. The molecule has 1 aromatic carbocycles. The topological polar surface area (TPSA) is 92.7 Å². The molecule has 0 bridgehead atoms. The third-order valence-corrected chi connectivity index (χ3v) is 6.14. The summed E-state index contributed by atoms with van der Waals surface area (Å²) in [5.41, 5.74) is 1.87. The first-order chi connectivity index (χ1) is 14.5. The molecule has 0 fully saturated rings. The minimum Gasteiger partial charge on any atom is -0.382 e. The molecule has 0 aliphatic carbocycles. The Morgan fingerprint density at radius 3 is 2.97 bits per heavy atom. The lowest BCUT2D eigenvalue weighted by molar-refractivity contribution is -0.125. The van der Waals surface area contributed by atoms with E-state index in [4.69, 9.17) is 4.84 Å². The number of nitrogens with zero attached hydrogens (tertiary/aromatic N) is 2. The Morgan fingerprint density at radius 2 is 2.17 bits per heavy atom. The van der Waals surface area contributed by atoms with Crippen LogP contribution in [0, 0.1) is 5.82 Å². The Labute approximate surface area is 179 Å². The molecule has 10 heteroatoms. The summed E-state index contributed by atoms with van der Waals surface area (Å²) in [5.74, 6) is -0.807. The normalized spacial score (nSPS) is 15.4. The molecular weight excluding hydrogens is 427 g/mol. The van der Waals surface area contributed by atoms with Crippen molar-refractivity contribution in [3.05, 3.63) is 58.0 Å². The summed E-state index contributed by atoms with van der Waals surface area (Å²) in [7, 11) is 0. The number of carbonyl (C=O) groups is 2. The zero-order valence-corrected chi connectivity index (χ0v) is 17.5. The van der Waals surface area contributed by atoms with Crippen molar-refractivity contribution >= 4 is 45.3 Å². The summed E-state index contributed by atoms with van der Waals surface area (Å²) < 4.78 is 13.4. The second-order valence-corrected chi connectivity index (χ2v) is 8.58. The molecule has 1 aliphatic heterocycles. The number of nitrogens with one attached hydrogen (secondary N) is 2. The van der Waals surface area contributed by atoms with Gasteiger partial charge in [-0.25, -0.2) is 9.37 Å². The van der Waals surface area contributed by atoms with E-state index in [9.17, 15) is 14.0 Å². The monoisotopic (exact) mass is 444 g/mol. The van der Waals surface area contributed by atoms with E-state index in [1.165, 1.54) is 41.7 Å². The van der Waals surface area contributed by atoms with Crippen LogP contribution in [0.4, 0.5) is 9.52 Å². The van der Waals surface area contributed by atoms with Crippen LogP contribution in [0.15, 0.2) is 46.9 Å². The minimum atomic E-state index is -0.790. The number of hydrogen-bond acceptors (Lipinski definition) is 7. The van der Waals surface area contributed by atoms with Gasteiger partial charge in [-0.05, 0) is 24.3 Å². The van der Waals surface area contributed by atoms with Gasteiger partial charge in [-0.15, -0.1) is 22.7 Å². The number of aromatic nitrogens is 1. The fraction of sp³-hybridized carbons (Fsp3) is 0.200. The minimum absolute atomic E-state index is 0.0812. The molecule has 154 valence electrons. The predicted molar refractivity (Wildman–Crippen MR) is 114 cm³/mol. The van der Waals surface area contributed by atoms with Gasteiger partial charge in [0.05, 0.1) is 22.8 Å². The van der Waals surface area contributed by atoms with Crippen molar-refractivity contribution in [3.63, 3.8) is 0 Å². The van der Waals surface area contributed by atoms with Crippen LogP contribution in [0.2, 0.25) is 0 Å². The van der Waals surface area contributed by atoms with Gasteiger partial charge in [-0.1, -0.05) is 17.3 Å². The van der Waals surface area contributed by atoms with Crippen LogP contribution in [0.5, 0.6) is 0 Å². The molecule has 3 aromatic rings. The van der Waals surface area contributed by atoms with Crippen molar-refractivity contribution in [3.8, 4) is 10.6 Å². The SMILES string of the molecule is CC(=O)NCc1ccc(-c2csc(NC(=O)C3CC(c4cccc(F)c4)=NO3)n2)s1. The van der Waals surface area contributed by atoms with Crippen LogP contribution >= 0.6 is 22.7 Å². The molecule has 1 aliphatic rings. The van der Waals surface area contributed by atoms with Crippen molar-refractivity contribution in [2.75, 3.05) is 5.32 Å². The van der Waals surface area contributed by atoms with Crippen LogP contribution in [0.3, 0.4) is 0 Å². The number of hydrogen-bond donors (Lipinski definition) is 2. The summed E-state index contributed by atoms with van der Waals surface area (Å²) >= 11 is 2.84. The first kappa shape index (κ1) is 20.2. The highest BCUT2D eigenvalue weighted by Gasteiger charge is 2.29. The zero-order valence-electron chi connectivity index (χ0n) is 15.8. The Balaban J connectivity index is 1.35. The molecule has 1 unspecified atom stereocenters. The molecule has 3 heterocycles. The summed E-state index contributed by atoms with van der Waals surface area (Å²) in [6.45, 7) is 1.95. The van der Waals surface area contributed by atoms with Crippen LogP contribution in [0.1, 0.15) is 23.8 Å². The molecule has 1 atom stereocenters. The maximum absolute atomic E-state index is 13.4. The number of anilines is 1. The average Bonchev–Trinajstić information content (AvgIpc) is 3.46. The highest BCUT2D eigenvalue weighted by Crippen LogP contribution is 2.31. The van der Waals surface area contributed by atoms with Crippen molar-refractivity contribution in [2.24, 2.45) is 5.16 Å². The Hall–Kier alpha value is -3.11. The van der Waals surface area contributed by atoms with Crippen LogP contribution in [-0.4, -0.2) is 28.6 Å². The number of rotatable bonds is 6. The second-order valence-electron chi connectivity index (χ2n) is 6.55. The number of carbonyl (C=O) groups excluding carboxylic acids is 2. The van der Waals surface area contributed by atoms with Gasteiger partial charge in [-0.3, -0.25) is 14.9 Å². The van der Waals surface area contributed by atoms with Gasteiger partial charge >= 0.3 is 0 Å². The Bertz CT molecular complexity index is 1120. The second kappa shape index (κ2) is 8.72. The van der Waals surface area contributed by atoms with Gasteiger partial charge < -0.3 is 10.2 Å². The fourth-order valence-corrected chi connectivity index (χ4v) is 4.51. The molecule has 0 radical (unpaired) electrons. The van der Waals surface area contributed by atoms with Gasteiger partial charge in [0.1, 0.15) is 5.82 Å². The number of thiazole rings is 1. The largest absolute Gasteiger partial charge is 0.382 e. The third kappa shape index (κ3) is 4.71. The van der Waals surface area contributed by atoms with Crippen molar-refractivity contribution in [1.82, 2.24) is 10.3 Å². The Kier molecular flexibility index (Phi) is 5.86. The zero-order chi connectivity index (χ0) is 21.1. The molecule has 30 heavy (non-hydrogen) atoms. The predicted octanol–water partition coefficient (Wildman–Crippen LogP) is 3.78. The van der Waals surface area contributed by atoms with Gasteiger partial charge in [0.15, 0.2) is 5.13 Å². The summed E-state index contributed by atoms with van der Waals surface area (Å²) in [5, 5.41) is 11.7.